The van der Waals surface area contributed by atoms with Gasteiger partial charge >= 0.3 is 0 Å². The summed E-state index contributed by atoms with van der Waals surface area (Å²) < 4.78 is 0. The lowest BCUT2D eigenvalue weighted by molar-refractivity contribution is -0.887. The number of amides is 2. The van der Waals surface area contributed by atoms with Crippen LogP contribution in [0.15, 0.2) is 53.4 Å². The van der Waals surface area contributed by atoms with E-state index in [0.29, 0.717) is 6.54 Å². The number of quaternary nitrogens is 1. The van der Waals surface area contributed by atoms with Crippen LogP contribution in [-0.2, 0) is 9.59 Å². The third-order valence-electron chi connectivity index (χ3n) is 4.14. The van der Waals surface area contributed by atoms with Gasteiger partial charge in [-0.05, 0) is 50.2 Å². The van der Waals surface area contributed by atoms with Gasteiger partial charge in [-0.25, -0.2) is 0 Å². The van der Waals surface area contributed by atoms with Gasteiger partial charge in [-0.2, -0.15) is 0 Å². The molecular weight excluding hydrogens is 358 g/mol. The number of nitrogens with one attached hydrogen (secondary N) is 3. The second-order valence-corrected chi connectivity index (χ2v) is 7.67. The first-order valence-electron chi connectivity index (χ1n) is 9.17. The highest BCUT2D eigenvalue weighted by Crippen LogP contribution is 2.17. The van der Waals surface area contributed by atoms with Crippen LogP contribution >= 0.6 is 11.8 Å². The Labute approximate surface area is 165 Å². The normalized spacial score (nSPS) is 11.7. The molecule has 144 valence electrons. The molecule has 0 fully saturated rings. The van der Waals surface area contributed by atoms with Crippen molar-refractivity contribution in [3.8, 4) is 0 Å². The van der Waals surface area contributed by atoms with Crippen molar-refractivity contribution < 1.29 is 14.5 Å². The Kier molecular flexibility index (Phi) is 8.36. The third-order valence-corrected chi connectivity index (χ3v) is 5.16. The van der Waals surface area contributed by atoms with E-state index in [9.17, 15) is 9.59 Å². The summed E-state index contributed by atoms with van der Waals surface area (Å²) in [6.07, 6.45) is 0. The number of likely N-dealkylation sites (N-methyl/N-ethyl adjacent to an activating group) is 1. The number of hydrogen-bond donors (Lipinski definition) is 3. The highest BCUT2D eigenvalue weighted by Gasteiger charge is 2.13. The van der Waals surface area contributed by atoms with Crippen molar-refractivity contribution in [1.82, 2.24) is 0 Å². The maximum Gasteiger partial charge on any atom is 0.279 e. The van der Waals surface area contributed by atoms with Gasteiger partial charge in [0.05, 0.1) is 13.1 Å². The molecule has 0 saturated heterocycles. The number of benzene rings is 2. The van der Waals surface area contributed by atoms with Gasteiger partial charge in [0.2, 0.25) is 5.91 Å². The Morgan fingerprint density at radius 1 is 0.963 bits per heavy atom. The lowest BCUT2D eigenvalue weighted by Crippen LogP contribution is -3.13. The first-order chi connectivity index (χ1) is 13.0. The van der Waals surface area contributed by atoms with E-state index in [1.807, 2.05) is 11.8 Å². The van der Waals surface area contributed by atoms with Crippen LogP contribution < -0.4 is 15.5 Å². The summed E-state index contributed by atoms with van der Waals surface area (Å²) in [5.74, 6) is 0.863. The molecule has 0 aliphatic carbocycles. The fourth-order valence-electron chi connectivity index (χ4n) is 2.61. The Hall–Kier alpha value is -2.31. The van der Waals surface area contributed by atoms with Crippen molar-refractivity contribution in [3.05, 3.63) is 54.1 Å². The number of rotatable bonds is 9. The molecule has 0 aromatic heterocycles. The smallest absolute Gasteiger partial charge is 0.279 e. The van der Waals surface area contributed by atoms with E-state index in [4.69, 9.17) is 0 Å². The van der Waals surface area contributed by atoms with Crippen LogP contribution in [0.5, 0.6) is 0 Å². The topological polar surface area (TPSA) is 62.6 Å². The highest BCUT2D eigenvalue weighted by atomic mass is 32.2. The van der Waals surface area contributed by atoms with Gasteiger partial charge in [-0.15, -0.1) is 11.8 Å². The maximum absolute atomic E-state index is 12.3. The van der Waals surface area contributed by atoms with Crippen molar-refractivity contribution in [2.24, 2.45) is 0 Å². The van der Waals surface area contributed by atoms with E-state index in [1.165, 1.54) is 22.3 Å². The molecule has 2 aromatic carbocycles. The SMILES string of the molecule is CC[NH+](CCSc1ccc(C)cc1)CC(=O)Nc1ccc(NC(C)=O)cc1. The minimum atomic E-state index is -0.113. The second-order valence-electron chi connectivity index (χ2n) is 6.50. The van der Waals surface area contributed by atoms with Gasteiger partial charge in [0.25, 0.3) is 5.91 Å². The van der Waals surface area contributed by atoms with Crippen molar-refractivity contribution in [2.75, 3.05) is 36.0 Å². The van der Waals surface area contributed by atoms with Gasteiger partial charge in [0, 0.05) is 28.9 Å². The summed E-state index contributed by atoms with van der Waals surface area (Å²) >= 11 is 1.82. The van der Waals surface area contributed by atoms with E-state index in [2.05, 4.69) is 48.7 Å². The lowest BCUT2D eigenvalue weighted by Gasteiger charge is -2.17. The average molecular weight is 387 g/mol. The summed E-state index contributed by atoms with van der Waals surface area (Å²) in [5, 5.41) is 5.63. The van der Waals surface area contributed by atoms with Crippen molar-refractivity contribution in [3.63, 3.8) is 0 Å². The molecule has 6 heteroatoms. The number of carbonyl (C=O) groups excluding carboxylic acids is 2. The molecule has 0 spiro atoms. The highest BCUT2D eigenvalue weighted by molar-refractivity contribution is 7.99. The summed E-state index contributed by atoms with van der Waals surface area (Å²) in [6.45, 7) is 7.94. The van der Waals surface area contributed by atoms with Crippen LogP contribution in [0.4, 0.5) is 11.4 Å². The minimum Gasteiger partial charge on any atom is -0.327 e. The number of carbonyl (C=O) groups is 2. The first kappa shape index (κ1) is 21.0. The molecule has 2 aromatic rings. The summed E-state index contributed by atoms with van der Waals surface area (Å²) in [4.78, 5) is 25.9. The van der Waals surface area contributed by atoms with Gasteiger partial charge in [-0.3, -0.25) is 9.59 Å². The Balaban J connectivity index is 1.76. The van der Waals surface area contributed by atoms with E-state index in [0.717, 1.165) is 30.2 Å². The van der Waals surface area contributed by atoms with Gasteiger partial charge in [0.1, 0.15) is 0 Å². The molecule has 2 rings (SSSR count). The second kappa shape index (κ2) is 10.7. The monoisotopic (exact) mass is 386 g/mol. The molecule has 5 nitrogen and oxygen atoms in total. The van der Waals surface area contributed by atoms with E-state index < -0.39 is 0 Å². The fraction of sp³-hybridized carbons (Fsp3) is 0.333. The molecule has 3 N–H and O–H groups in total. The molecule has 0 radical (unpaired) electrons. The molecule has 0 heterocycles. The van der Waals surface area contributed by atoms with Gasteiger partial charge in [0.15, 0.2) is 6.54 Å². The zero-order valence-electron chi connectivity index (χ0n) is 16.2. The largest absolute Gasteiger partial charge is 0.327 e. The summed E-state index contributed by atoms with van der Waals surface area (Å²) in [7, 11) is 0. The third kappa shape index (κ3) is 7.85. The van der Waals surface area contributed by atoms with Gasteiger partial charge < -0.3 is 15.5 Å². The van der Waals surface area contributed by atoms with Crippen LogP contribution in [0.25, 0.3) is 0 Å². The van der Waals surface area contributed by atoms with Crippen LogP contribution in [0.2, 0.25) is 0 Å². The van der Waals surface area contributed by atoms with Crippen LogP contribution in [0.1, 0.15) is 19.4 Å². The maximum atomic E-state index is 12.3. The molecule has 2 amide bonds. The molecule has 0 bridgehead atoms. The standard InChI is InChI=1S/C21H27N3O2S/c1-4-24(13-14-27-20-11-5-16(2)6-12-20)15-21(26)23-19-9-7-18(8-10-19)22-17(3)25/h5-12H,4,13-15H2,1-3H3,(H,22,25)(H,23,26)/p+1. The average Bonchev–Trinajstić information content (AvgIpc) is 2.63. The predicted molar refractivity (Wildman–Crippen MR) is 113 cm³/mol. The Morgan fingerprint density at radius 2 is 1.56 bits per heavy atom. The predicted octanol–water partition coefficient (Wildman–Crippen LogP) is 2.59. The van der Waals surface area contributed by atoms with Gasteiger partial charge in [-0.1, -0.05) is 17.7 Å². The molecule has 1 atom stereocenters. The quantitative estimate of drug-likeness (QED) is 0.581. The van der Waals surface area contributed by atoms with E-state index in [-0.39, 0.29) is 11.8 Å². The molecule has 1 unspecified atom stereocenters. The summed E-state index contributed by atoms with van der Waals surface area (Å²) in [5.41, 5.74) is 2.72. The fourth-order valence-corrected chi connectivity index (χ4v) is 3.57. The molecular formula is C21H28N3O2S+. The molecule has 0 saturated carbocycles. The van der Waals surface area contributed by atoms with Crippen LogP contribution in [0, 0.1) is 6.92 Å². The zero-order valence-corrected chi connectivity index (χ0v) is 17.0. The van der Waals surface area contributed by atoms with E-state index >= 15 is 0 Å². The number of thioether (sulfide) groups is 1. The van der Waals surface area contributed by atoms with Crippen molar-refractivity contribution >= 4 is 35.0 Å². The first-order valence-corrected chi connectivity index (χ1v) is 10.2. The minimum absolute atomic E-state index is 0.000497. The van der Waals surface area contributed by atoms with E-state index in [1.54, 1.807) is 24.3 Å². The summed E-state index contributed by atoms with van der Waals surface area (Å²) in [6, 6.07) is 15.7. The zero-order chi connectivity index (χ0) is 19.6. The van der Waals surface area contributed by atoms with Crippen molar-refractivity contribution in [1.29, 1.82) is 0 Å². The molecule has 0 aliphatic heterocycles. The van der Waals surface area contributed by atoms with Crippen molar-refractivity contribution in [2.45, 2.75) is 25.7 Å². The molecule has 0 aliphatic rings. The molecule has 27 heavy (non-hydrogen) atoms. The van der Waals surface area contributed by atoms with Crippen LogP contribution in [-0.4, -0.2) is 37.2 Å². The van der Waals surface area contributed by atoms with Crippen LogP contribution in [0.3, 0.4) is 0 Å². The number of hydrogen-bond acceptors (Lipinski definition) is 3. The number of anilines is 2. The Bertz CT molecular complexity index is 745. The number of aryl methyl sites for hydroxylation is 1. The Morgan fingerprint density at radius 3 is 2.11 bits per heavy atom. The lowest BCUT2D eigenvalue weighted by atomic mass is 10.2.